The summed E-state index contributed by atoms with van der Waals surface area (Å²) >= 11 is 0. The molecule has 1 rings (SSSR count). The van der Waals surface area contributed by atoms with Crippen molar-refractivity contribution in [3.8, 4) is 0 Å². The SMILES string of the molecule is CCCC(CC)(CO)Nc1ccccc1. The van der Waals surface area contributed by atoms with Crippen molar-refractivity contribution in [1.29, 1.82) is 0 Å². The molecule has 0 aliphatic rings. The fraction of sp³-hybridized carbons (Fsp3) is 0.538. The number of hydrogen-bond donors (Lipinski definition) is 2. The van der Waals surface area contributed by atoms with E-state index in [2.05, 4.69) is 19.2 Å². The first-order chi connectivity index (χ1) is 7.26. The number of nitrogens with one attached hydrogen (secondary N) is 1. The predicted octanol–water partition coefficient (Wildman–Crippen LogP) is 3.04. The van der Waals surface area contributed by atoms with Crippen LogP contribution < -0.4 is 5.32 Å². The van der Waals surface area contributed by atoms with Crippen LogP contribution in [0.4, 0.5) is 5.69 Å². The number of anilines is 1. The molecule has 1 aromatic rings. The highest BCUT2D eigenvalue weighted by atomic mass is 16.3. The highest BCUT2D eigenvalue weighted by Gasteiger charge is 2.25. The quantitative estimate of drug-likeness (QED) is 0.751. The average molecular weight is 207 g/mol. The van der Waals surface area contributed by atoms with Crippen molar-refractivity contribution < 1.29 is 5.11 Å². The van der Waals surface area contributed by atoms with Gasteiger partial charge in [-0.05, 0) is 25.0 Å². The molecule has 84 valence electrons. The van der Waals surface area contributed by atoms with Gasteiger partial charge in [-0.15, -0.1) is 0 Å². The van der Waals surface area contributed by atoms with Crippen LogP contribution in [0.3, 0.4) is 0 Å². The Hall–Kier alpha value is -1.02. The molecule has 0 spiro atoms. The lowest BCUT2D eigenvalue weighted by atomic mass is 9.91. The van der Waals surface area contributed by atoms with Crippen molar-refractivity contribution in [1.82, 2.24) is 0 Å². The van der Waals surface area contributed by atoms with Crippen molar-refractivity contribution >= 4 is 5.69 Å². The third kappa shape index (κ3) is 3.24. The molecule has 1 unspecified atom stereocenters. The van der Waals surface area contributed by atoms with Crippen molar-refractivity contribution in [2.24, 2.45) is 0 Å². The maximum atomic E-state index is 9.51. The Morgan fingerprint density at radius 2 is 1.87 bits per heavy atom. The largest absolute Gasteiger partial charge is 0.394 e. The molecule has 2 nitrogen and oxygen atoms in total. The van der Waals surface area contributed by atoms with Gasteiger partial charge >= 0.3 is 0 Å². The van der Waals surface area contributed by atoms with Gasteiger partial charge in [0.15, 0.2) is 0 Å². The van der Waals surface area contributed by atoms with Crippen LogP contribution in [0.2, 0.25) is 0 Å². The van der Waals surface area contributed by atoms with E-state index in [1.54, 1.807) is 0 Å². The summed E-state index contributed by atoms with van der Waals surface area (Å²) in [5, 5.41) is 12.9. The zero-order valence-corrected chi connectivity index (χ0v) is 9.66. The van der Waals surface area contributed by atoms with Crippen LogP contribution in [0.1, 0.15) is 33.1 Å². The van der Waals surface area contributed by atoms with Gasteiger partial charge in [0.25, 0.3) is 0 Å². The summed E-state index contributed by atoms with van der Waals surface area (Å²) in [5.41, 5.74) is 0.928. The highest BCUT2D eigenvalue weighted by Crippen LogP contribution is 2.23. The molecule has 0 bridgehead atoms. The first-order valence-electron chi connectivity index (χ1n) is 5.70. The van der Waals surface area contributed by atoms with Gasteiger partial charge in [0.1, 0.15) is 0 Å². The van der Waals surface area contributed by atoms with E-state index in [0.717, 1.165) is 24.9 Å². The van der Waals surface area contributed by atoms with Gasteiger partial charge < -0.3 is 10.4 Å². The standard InChI is InChI=1S/C13H21NO/c1-3-10-13(4-2,11-15)14-12-8-6-5-7-9-12/h5-9,14-15H,3-4,10-11H2,1-2H3. The molecular formula is C13H21NO. The lowest BCUT2D eigenvalue weighted by Gasteiger charge is -2.33. The molecule has 0 aliphatic carbocycles. The fourth-order valence-electron chi connectivity index (χ4n) is 1.86. The van der Waals surface area contributed by atoms with Crippen LogP contribution in [0.5, 0.6) is 0 Å². The molecule has 0 saturated carbocycles. The minimum atomic E-state index is -0.157. The van der Waals surface area contributed by atoms with E-state index >= 15 is 0 Å². The second-order valence-corrected chi connectivity index (χ2v) is 4.03. The van der Waals surface area contributed by atoms with E-state index in [4.69, 9.17) is 0 Å². The minimum absolute atomic E-state index is 0.157. The van der Waals surface area contributed by atoms with E-state index in [0.29, 0.717) is 0 Å². The zero-order valence-electron chi connectivity index (χ0n) is 9.66. The van der Waals surface area contributed by atoms with Gasteiger partial charge in [0, 0.05) is 5.69 Å². The van der Waals surface area contributed by atoms with Gasteiger partial charge in [0.05, 0.1) is 12.1 Å². The summed E-state index contributed by atoms with van der Waals surface area (Å²) in [6.45, 7) is 4.45. The first kappa shape index (κ1) is 12.1. The number of benzene rings is 1. The molecule has 2 N–H and O–H groups in total. The van der Waals surface area contributed by atoms with E-state index in [9.17, 15) is 5.11 Å². The normalized spacial score (nSPS) is 14.6. The fourth-order valence-corrected chi connectivity index (χ4v) is 1.86. The Kier molecular flexibility index (Phi) is 4.63. The van der Waals surface area contributed by atoms with Crippen LogP contribution in [0, 0.1) is 0 Å². The van der Waals surface area contributed by atoms with E-state index < -0.39 is 0 Å². The summed E-state index contributed by atoms with van der Waals surface area (Å²) in [7, 11) is 0. The number of aliphatic hydroxyl groups excluding tert-OH is 1. The van der Waals surface area contributed by atoms with Crippen molar-refractivity contribution in [3.05, 3.63) is 30.3 Å². The van der Waals surface area contributed by atoms with Crippen LogP contribution >= 0.6 is 0 Å². The lowest BCUT2D eigenvalue weighted by molar-refractivity contribution is 0.197. The van der Waals surface area contributed by atoms with Crippen LogP contribution in [-0.4, -0.2) is 17.3 Å². The van der Waals surface area contributed by atoms with Crippen molar-refractivity contribution in [3.63, 3.8) is 0 Å². The molecular weight excluding hydrogens is 186 g/mol. The maximum Gasteiger partial charge on any atom is 0.0661 e. The molecule has 0 amide bonds. The molecule has 0 aliphatic heterocycles. The maximum absolute atomic E-state index is 9.51. The Morgan fingerprint density at radius 3 is 2.33 bits per heavy atom. The van der Waals surface area contributed by atoms with E-state index in [1.807, 2.05) is 30.3 Å². The molecule has 0 radical (unpaired) electrons. The molecule has 15 heavy (non-hydrogen) atoms. The summed E-state index contributed by atoms with van der Waals surface area (Å²) < 4.78 is 0. The second-order valence-electron chi connectivity index (χ2n) is 4.03. The van der Waals surface area contributed by atoms with Gasteiger partial charge in [-0.1, -0.05) is 38.5 Å². The summed E-state index contributed by atoms with van der Waals surface area (Å²) in [4.78, 5) is 0. The molecule has 1 aromatic carbocycles. The zero-order chi connectivity index (χ0) is 11.1. The second kappa shape index (κ2) is 5.76. The number of aliphatic hydroxyl groups is 1. The minimum Gasteiger partial charge on any atom is -0.394 e. The molecule has 2 heteroatoms. The highest BCUT2D eigenvalue weighted by molar-refractivity contribution is 5.45. The number of para-hydroxylation sites is 1. The molecule has 0 saturated heterocycles. The first-order valence-corrected chi connectivity index (χ1v) is 5.70. The predicted molar refractivity (Wildman–Crippen MR) is 65.1 cm³/mol. The van der Waals surface area contributed by atoms with E-state index in [1.165, 1.54) is 0 Å². The topological polar surface area (TPSA) is 32.3 Å². The van der Waals surface area contributed by atoms with Gasteiger partial charge in [-0.3, -0.25) is 0 Å². The van der Waals surface area contributed by atoms with Gasteiger partial charge in [-0.2, -0.15) is 0 Å². The van der Waals surface area contributed by atoms with Crippen molar-refractivity contribution in [2.45, 2.75) is 38.6 Å². The van der Waals surface area contributed by atoms with Gasteiger partial charge in [-0.25, -0.2) is 0 Å². The molecule has 0 aromatic heterocycles. The third-order valence-corrected chi connectivity index (χ3v) is 2.89. The van der Waals surface area contributed by atoms with E-state index in [-0.39, 0.29) is 12.1 Å². The summed E-state index contributed by atoms with van der Waals surface area (Å²) in [6.07, 6.45) is 3.01. The molecule has 0 fully saturated rings. The Bertz CT molecular complexity index is 267. The summed E-state index contributed by atoms with van der Waals surface area (Å²) in [5.74, 6) is 0. The third-order valence-electron chi connectivity index (χ3n) is 2.89. The lowest BCUT2D eigenvalue weighted by Crippen LogP contribution is -2.41. The number of hydrogen-bond acceptors (Lipinski definition) is 2. The average Bonchev–Trinajstić information content (AvgIpc) is 2.30. The molecule has 1 atom stereocenters. The Balaban J connectivity index is 2.74. The smallest absolute Gasteiger partial charge is 0.0661 e. The van der Waals surface area contributed by atoms with Crippen LogP contribution in [0.15, 0.2) is 30.3 Å². The van der Waals surface area contributed by atoms with Crippen LogP contribution in [0.25, 0.3) is 0 Å². The summed E-state index contributed by atoms with van der Waals surface area (Å²) in [6, 6.07) is 10.1. The Labute approximate surface area is 92.3 Å². The number of rotatable bonds is 6. The van der Waals surface area contributed by atoms with Crippen LogP contribution in [-0.2, 0) is 0 Å². The monoisotopic (exact) mass is 207 g/mol. The Morgan fingerprint density at radius 1 is 1.20 bits per heavy atom. The molecule has 0 heterocycles. The van der Waals surface area contributed by atoms with Crippen molar-refractivity contribution in [2.75, 3.05) is 11.9 Å². The van der Waals surface area contributed by atoms with Gasteiger partial charge in [0.2, 0.25) is 0 Å².